The molecule has 2 heterocycles. The zero-order valence-electron chi connectivity index (χ0n) is 14.3. The summed E-state index contributed by atoms with van der Waals surface area (Å²) < 4.78 is 0. The third-order valence-electron chi connectivity index (χ3n) is 4.82. The molecular weight excluding hydrogens is 393 g/mol. The topological polar surface area (TPSA) is 35.6 Å². The van der Waals surface area contributed by atoms with E-state index in [4.69, 9.17) is 11.6 Å². The van der Waals surface area contributed by atoms with Crippen LogP contribution < -0.4 is 10.2 Å². The Balaban J connectivity index is 0.00000121. The summed E-state index contributed by atoms with van der Waals surface area (Å²) in [7, 11) is 0. The van der Waals surface area contributed by atoms with Gasteiger partial charge in [-0.2, -0.15) is 0 Å². The highest BCUT2D eigenvalue weighted by atomic mass is 35.5. The molecule has 1 N–H and O–H groups in total. The monoisotopic (exact) mass is 413 g/mol. The van der Waals surface area contributed by atoms with E-state index in [0.29, 0.717) is 0 Å². The van der Waals surface area contributed by atoms with Crippen LogP contribution in [0.5, 0.6) is 0 Å². The highest BCUT2D eigenvalue weighted by molar-refractivity contribution is 6.33. The van der Waals surface area contributed by atoms with Crippen molar-refractivity contribution in [2.24, 2.45) is 0 Å². The molecular formula is C19H22Cl3N3O. The van der Waals surface area contributed by atoms with Crippen LogP contribution in [0, 0.1) is 0 Å². The molecule has 4 rings (SSSR count). The van der Waals surface area contributed by atoms with E-state index < -0.39 is 0 Å². The number of nitrogens with one attached hydrogen (secondary N) is 1. The molecule has 0 bridgehead atoms. The number of hydrogen-bond acceptors (Lipinski definition) is 3. The van der Waals surface area contributed by atoms with Crippen LogP contribution in [0.1, 0.15) is 15.9 Å². The molecule has 140 valence electrons. The van der Waals surface area contributed by atoms with Crippen LogP contribution in [0.2, 0.25) is 5.02 Å². The number of fused-ring (bicyclic) bond motifs is 1. The fourth-order valence-corrected chi connectivity index (χ4v) is 3.73. The smallest absolute Gasteiger partial charge is 0.253 e. The summed E-state index contributed by atoms with van der Waals surface area (Å²) in [4.78, 5) is 17.0. The van der Waals surface area contributed by atoms with Crippen molar-refractivity contribution in [3.63, 3.8) is 0 Å². The molecule has 0 radical (unpaired) electrons. The number of carbonyl (C=O) groups is 1. The molecule has 2 aromatic rings. The van der Waals surface area contributed by atoms with E-state index >= 15 is 0 Å². The average molecular weight is 415 g/mol. The molecule has 0 saturated carbocycles. The van der Waals surface area contributed by atoms with Gasteiger partial charge in [-0.3, -0.25) is 4.79 Å². The summed E-state index contributed by atoms with van der Waals surface area (Å²) in [5, 5.41) is 4.10. The molecule has 1 saturated heterocycles. The second-order valence-corrected chi connectivity index (χ2v) is 6.69. The van der Waals surface area contributed by atoms with Crippen molar-refractivity contribution in [2.45, 2.75) is 6.42 Å². The van der Waals surface area contributed by atoms with Gasteiger partial charge in [0.1, 0.15) is 0 Å². The number of nitrogens with zero attached hydrogens (tertiary/aromatic N) is 2. The number of rotatable bonds is 2. The van der Waals surface area contributed by atoms with E-state index in [-0.39, 0.29) is 30.7 Å². The maximum absolute atomic E-state index is 12.8. The van der Waals surface area contributed by atoms with Gasteiger partial charge < -0.3 is 15.1 Å². The van der Waals surface area contributed by atoms with Gasteiger partial charge in [-0.25, -0.2) is 0 Å². The first-order valence-corrected chi connectivity index (χ1v) is 8.76. The Bertz CT molecular complexity index is 776. The van der Waals surface area contributed by atoms with E-state index in [1.165, 1.54) is 5.56 Å². The Morgan fingerprint density at radius 1 is 1.00 bits per heavy atom. The van der Waals surface area contributed by atoms with Crippen molar-refractivity contribution in [1.29, 1.82) is 0 Å². The van der Waals surface area contributed by atoms with E-state index in [9.17, 15) is 4.79 Å². The van der Waals surface area contributed by atoms with Gasteiger partial charge in [0, 0.05) is 44.0 Å². The molecule has 0 atom stereocenters. The molecule has 2 aromatic carbocycles. The number of amides is 1. The minimum atomic E-state index is 0. The largest absolute Gasteiger partial charge is 0.384 e. The number of hydrogen-bond donors (Lipinski definition) is 1. The first kappa shape index (κ1) is 20.7. The lowest BCUT2D eigenvalue weighted by Crippen LogP contribution is -2.48. The van der Waals surface area contributed by atoms with Crippen LogP contribution >= 0.6 is 36.4 Å². The van der Waals surface area contributed by atoms with Crippen LogP contribution in [-0.4, -0.2) is 43.5 Å². The molecule has 2 aliphatic rings. The molecule has 0 unspecified atom stereocenters. The number of anilines is 2. The van der Waals surface area contributed by atoms with Gasteiger partial charge in [0.25, 0.3) is 5.91 Å². The fourth-order valence-electron chi connectivity index (χ4n) is 3.48. The van der Waals surface area contributed by atoms with E-state index in [1.807, 2.05) is 47.4 Å². The molecule has 1 fully saturated rings. The zero-order chi connectivity index (χ0) is 16.5. The van der Waals surface area contributed by atoms with Gasteiger partial charge in [0.05, 0.1) is 10.7 Å². The van der Waals surface area contributed by atoms with Crippen molar-refractivity contribution in [3.8, 4) is 0 Å². The molecule has 2 aliphatic heterocycles. The predicted molar refractivity (Wildman–Crippen MR) is 113 cm³/mol. The summed E-state index contributed by atoms with van der Waals surface area (Å²) in [6, 6.07) is 13.9. The SMILES string of the molecule is Cl.Cl.O=C(c1ccc2c(c1)CCN2)N1CCN(c2ccccc2Cl)CC1. The number of piperazine rings is 1. The maximum Gasteiger partial charge on any atom is 0.253 e. The lowest BCUT2D eigenvalue weighted by Gasteiger charge is -2.36. The lowest BCUT2D eigenvalue weighted by atomic mass is 10.1. The zero-order valence-corrected chi connectivity index (χ0v) is 16.7. The third kappa shape index (κ3) is 4.03. The lowest BCUT2D eigenvalue weighted by molar-refractivity contribution is 0.0746. The molecule has 0 aliphatic carbocycles. The average Bonchev–Trinajstić information content (AvgIpc) is 3.09. The molecule has 7 heteroatoms. The van der Waals surface area contributed by atoms with Gasteiger partial charge in [-0.15, -0.1) is 24.8 Å². The number of benzene rings is 2. The van der Waals surface area contributed by atoms with E-state index in [0.717, 1.165) is 61.1 Å². The van der Waals surface area contributed by atoms with Gasteiger partial charge in [0.15, 0.2) is 0 Å². The van der Waals surface area contributed by atoms with Crippen LogP contribution in [-0.2, 0) is 6.42 Å². The number of para-hydroxylation sites is 1. The molecule has 0 spiro atoms. The van der Waals surface area contributed by atoms with Crippen molar-refractivity contribution in [3.05, 3.63) is 58.6 Å². The second-order valence-electron chi connectivity index (χ2n) is 6.28. The Hall–Kier alpha value is -1.62. The summed E-state index contributed by atoms with van der Waals surface area (Å²) in [5.74, 6) is 0.128. The first-order chi connectivity index (χ1) is 11.7. The first-order valence-electron chi connectivity index (χ1n) is 8.38. The quantitative estimate of drug-likeness (QED) is 0.803. The van der Waals surface area contributed by atoms with Crippen molar-refractivity contribution < 1.29 is 4.79 Å². The van der Waals surface area contributed by atoms with Crippen molar-refractivity contribution >= 4 is 53.7 Å². The van der Waals surface area contributed by atoms with Crippen LogP contribution in [0.3, 0.4) is 0 Å². The van der Waals surface area contributed by atoms with Crippen molar-refractivity contribution in [2.75, 3.05) is 42.9 Å². The second kappa shape index (κ2) is 8.85. The number of halogens is 3. The van der Waals surface area contributed by atoms with Crippen LogP contribution in [0.4, 0.5) is 11.4 Å². The summed E-state index contributed by atoms with van der Waals surface area (Å²) >= 11 is 6.28. The van der Waals surface area contributed by atoms with Crippen LogP contribution in [0.25, 0.3) is 0 Å². The molecule has 0 aromatic heterocycles. The summed E-state index contributed by atoms with van der Waals surface area (Å²) in [6.45, 7) is 4.02. The van der Waals surface area contributed by atoms with Crippen LogP contribution in [0.15, 0.2) is 42.5 Å². The minimum Gasteiger partial charge on any atom is -0.384 e. The van der Waals surface area contributed by atoms with Gasteiger partial charge in [0.2, 0.25) is 0 Å². The number of carbonyl (C=O) groups excluding carboxylic acids is 1. The normalized spacial score (nSPS) is 15.4. The summed E-state index contributed by atoms with van der Waals surface area (Å²) in [5.41, 5.74) is 4.25. The Labute approximate surface area is 171 Å². The van der Waals surface area contributed by atoms with Gasteiger partial charge >= 0.3 is 0 Å². The van der Waals surface area contributed by atoms with E-state index in [2.05, 4.69) is 10.2 Å². The Kier molecular flexibility index (Phi) is 7.04. The summed E-state index contributed by atoms with van der Waals surface area (Å²) in [6.07, 6.45) is 0.997. The molecule has 1 amide bonds. The highest BCUT2D eigenvalue weighted by Gasteiger charge is 2.24. The van der Waals surface area contributed by atoms with Crippen molar-refractivity contribution in [1.82, 2.24) is 4.90 Å². The predicted octanol–water partition coefficient (Wildman–Crippen LogP) is 4.11. The minimum absolute atomic E-state index is 0. The van der Waals surface area contributed by atoms with Gasteiger partial charge in [-0.1, -0.05) is 23.7 Å². The maximum atomic E-state index is 12.8. The highest BCUT2D eigenvalue weighted by Crippen LogP contribution is 2.27. The standard InChI is InChI=1S/C19H20ClN3O.2ClH/c20-16-3-1-2-4-18(16)22-9-11-23(12-10-22)19(24)15-5-6-17-14(13-15)7-8-21-17;;/h1-6,13,21H,7-12H2;2*1H. The fraction of sp³-hybridized carbons (Fsp3) is 0.316. The Morgan fingerprint density at radius 2 is 1.73 bits per heavy atom. The Morgan fingerprint density at radius 3 is 2.46 bits per heavy atom. The molecule has 26 heavy (non-hydrogen) atoms. The molecule has 4 nitrogen and oxygen atoms in total. The third-order valence-corrected chi connectivity index (χ3v) is 5.14. The van der Waals surface area contributed by atoms with E-state index in [1.54, 1.807) is 0 Å². The van der Waals surface area contributed by atoms with Gasteiger partial charge in [-0.05, 0) is 42.3 Å².